The molecule has 0 amide bonds. The fourth-order valence-corrected chi connectivity index (χ4v) is 4.00. The van der Waals surface area contributed by atoms with Crippen LogP contribution < -0.4 is 9.62 Å². The minimum Gasteiger partial charge on any atom is -0.369 e. The van der Waals surface area contributed by atoms with Gasteiger partial charge < -0.3 is 9.62 Å². The van der Waals surface area contributed by atoms with Crippen molar-refractivity contribution in [2.24, 2.45) is 0 Å². The van der Waals surface area contributed by atoms with Crippen LogP contribution >= 0.6 is 11.9 Å². The van der Waals surface area contributed by atoms with Crippen LogP contribution in [0.3, 0.4) is 0 Å². The molecule has 0 unspecified atom stereocenters. The Bertz CT molecular complexity index is 861. The van der Waals surface area contributed by atoms with Gasteiger partial charge in [0.25, 0.3) is 0 Å². The summed E-state index contributed by atoms with van der Waals surface area (Å²) in [6.07, 6.45) is 0. The molecule has 3 nitrogen and oxygen atoms in total. The second-order valence-corrected chi connectivity index (χ2v) is 7.83. The smallest absolute Gasteiger partial charge is 0.123 e. The molecule has 5 heteroatoms. The monoisotopic (exact) mass is 393 g/mol. The van der Waals surface area contributed by atoms with Gasteiger partial charge in [-0.2, -0.15) is 0 Å². The van der Waals surface area contributed by atoms with Gasteiger partial charge in [0, 0.05) is 49.0 Å². The van der Waals surface area contributed by atoms with E-state index in [1.807, 2.05) is 0 Å². The number of benzene rings is 3. The summed E-state index contributed by atoms with van der Waals surface area (Å²) in [4.78, 5) is 5.95. The molecule has 1 aliphatic rings. The summed E-state index contributed by atoms with van der Waals surface area (Å²) in [5.74, 6) is -0.210. The van der Waals surface area contributed by atoms with Gasteiger partial charge in [-0.3, -0.25) is 4.90 Å². The lowest BCUT2D eigenvalue weighted by molar-refractivity contribution is 0.250. The average Bonchev–Trinajstić information content (AvgIpc) is 2.76. The maximum Gasteiger partial charge on any atom is 0.123 e. The zero-order valence-electron chi connectivity index (χ0n) is 15.7. The third-order valence-electron chi connectivity index (χ3n) is 4.95. The highest BCUT2D eigenvalue weighted by molar-refractivity contribution is 8.00. The fraction of sp³-hybridized carbons (Fsp3) is 0.217. The van der Waals surface area contributed by atoms with Crippen molar-refractivity contribution in [3.8, 4) is 0 Å². The lowest BCUT2D eigenvalue weighted by atomic mass is 10.1. The van der Waals surface area contributed by atoms with Crippen LogP contribution in [0.1, 0.15) is 5.56 Å². The SMILES string of the molecule is Fc1ccc(SNc2ccc(CN3CCN(c4ccccc4)CC3)cc2)cc1. The van der Waals surface area contributed by atoms with Crippen molar-refractivity contribution in [2.45, 2.75) is 11.4 Å². The van der Waals surface area contributed by atoms with Crippen LogP contribution in [0.4, 0.5) is 15.8 Å². The van der Waals surface area contributed by atoms with E-state index in [-0.39, 0.29) is 5.82 Å². The molecule has 0 bridgehead atoms. The van der Waals surface area contributed by atoms with Crippen molar-refractivity contribution in [3.05, 3.63) is 90.2 Å². The molecule has 3 aromatic carbocycles. The van der Waals surface area contributed by atoms with E-state index < -0.39 is 0 Å². The summed E-state index contributed by atoms with van der Waals surface area (Å²) < 4.78 is 16.3. The number of piperazine rings is 1. The Kier molecular flexibility index (Phi) is 6.14. The summed E-state index contributed by atoms with van der Waals surface area (Å²) in [7, 11) is 0. The van der Waals surface area contributed by atoms with Crippen molar-refractivity contribution in [2.75, 3.05) is 35.8 Å². The van der Waals surface area contributed by atoms with Crippen LogP contribution in [0.5, 0.6) is 0 Å². The zero-order valence-corrected chi connectivity index (χ0v) is 16.5. The highest BCUT2D eigenvalue weighted by Gasteiger charge is 2.17. The number of rotatable bonds is 6. The molecule has 1 aliphatic heterocycles. The van der Waals surface area contributed by atoms with E-state index in [1.54, 1.807) is 12.1 Å². The minimum absolute atomic E-state index is 0.210. The lowest BCUT2D eigenvalue weighted by Gasteiger charge is -2.36. The van der Waals surface area contributed by atoms with Crippen molar-refractivity contribution in [3.63, 3.8) is 0 Å². The molecule has 1 fully saturated rings. The zero-order chi connectivity index (χ0) is 19.2. The molecule has 0 atom stereocenters. The largest absolute Gasteiger partial charge is 0.369 e. The first-order chi connectivity index (χ1) is 13.8. The topological polar surface area (TPSA) is 18.5 Å². The van der Waals surface area contributed by atoms with Gasteiger partial charge in [-0.1, -0.05) is 30.3 Å². The van der Waals surface area contributed by atoms with Gasteiger partial charge in [0.1, 0.15) is 5.82 Å². The number of halogens is 1. The maximum absolute atomic E-state index is 13.0. The van der Waals surface area contributed by atoms with Crippen molar-refractivity contribution in [1.29, 1.82) is 0 Å². The minimum atomic E-state index is -0.210. The standard InChI is InChI=1S/C23H24FN3S/c24-20-8-12-23(13-9-20)28-25-21-10-6-19(7-11-21)18-26-14-16-27(17-15-26)22-4-2-1-3-5-22/h1-13,25H,14-18H2. The quantitative estimate of drug-likeness (QED) is 0.575. The van der Waals surface area contributed by atoms with Crippen molar-refractivity contribution in [1.82, 2.24) is 4.90 Å². The molecule has 28 heavy (non-hydrogen) atoms. The normalized spacial score (nSPS) is 14.8. The van der Waals surface area contributed by atoms with Crippen LogP contribution in [0.2, 0.25) is 0 Å². The molecule has 1 N–H and O–H groups in total. The predicted molar refractivity (Wildman–Crippen MR) is 116 cm³/mol. The number of hydrogen-bond donors (Lipinski definition) is 1. The number of hydrogen-bond acceptors (Lipinski definition) is 4. The molecule has 4 rings (SSSR count). The first-order valence-corrected chi connectivity index (χ1v) is 10.4. The molecular formula is C23H24FN3S. The number of nitrogens with zero attached hydrogens (tertiary/aromatic N) is 2. The van der Waals surface area contributed by atoms with E-state index in [2.05, 4.69) is 69.1 Å². The first kappa shape index (κ1) is 18.8. The third-order valence-corrected chi connectivity index (χ3v) is 5.80. The van der Waals surface area contributed by atoms with Crippen molar-refractivity contribution >= 4 is 23.3 Å². The Morgan fingerprint density at radius 3 is 2.14 bits per heavy atom. The molecule has 1 heterocycles. The van der Waals surface area contributed by atoms with Crippen LogP contribution in [0.15, 0.2) is 83.8 Å². The molecule has 0 aliphatic carbocycles. The van der Waals surface area contributed by atoms with Crippen molar-refractivity contribution < 1.29 is 4.39 Å². The molecule has 0 saturated carbocycles. The van der Waals surface area contributed by atoms with E-state index in [1.165, 1.54) is 35.3 Å². The van der Waals surface area contributed by atoms with Gasteiger partial charge in [-0.25, -0.2) is 4.39 Å². The second-order valence-electron chi connectivity index (χ2n) is 6.95. The summed E-state index contributed by atoms with van der Waals surface area (Å²) in [5, 5.41) is 0. The van der Waals surface area contributed by atoms with Crippen LogP contribution in [-0.2, 0) is 6.54 Å². The number of para-hydroxylation sites is 1. The van der Waals surface area contributed by atoms with Crippen LogP contribution in [-0.4, -0.2) is 31.1 Å². The highest BCUT2D eigenvalue weighted by atomic mass is 32.2. The Labute approximate surface area is 170 Å². The van der Waals surface area contributed by atoms with Gasteiger partial charge in [0.15, 0.2) is 0 Å². The molecule has 0 aromatic heterocycles. The Morgan fingerprint density at radius 1 is 0.786 bits per heavy atom. The van der Waals surface area contributed by atoms with E-state index in [9.17, 15) is 4.39 Å². The molecule has 3 aromatic rings. The van der Waals surface area contributed by atoms with E-state index in [0.717, 1.165) is 43.3 Å². The van der Waals surface area contributed by atoms with Crippen LogP contribution in [0, 0.1) is 5.82 Å². The summed E-state index contributed by atoms with van der Waals surface area (Å²) >= 11 is 1.49. The second kappa shape index (κ2) is 9.13. The summed E-state index contributed by atoms with van der Waals surface area (Å²) in [6, 6.07) is 25.7. The van der Waals surface area contributed by atoms with E-state index in [4.69, 9.17) is 0 Å². The van der Waals surface area contributed by atoms with E-state index >= 15 is 0 Å². The Hall–Kier alpha value is -2.50. The predicted octanol–water partition coefficient (Wildman–Crippen LogP) is 5.27. The first-order valence-electron chi connectivity index (χ1n) is 9.56. The maximum atomic E-state index is 13.0. The molecule has 0 spiro atoms. The Balaban J connectivity index is 1.25. The van der Waals surface area contributed by atoms with Gasteiger partial charge in [-0.15, -0.1) is 0 Å². The Morgan fingerprint density at radius 2 is 1.46 bits per heavy atom. The number of anilines is 2. The van der Waals surface area contributed by atoms with Gasteiger partial charge in [0.05, 0.1) is 0 Å². The summed E-state index contributed by atoms with van der Waals surface area (Å²) in [5.41, 5.74) is 3.69. The van der Waals surface area contributed by atoms with E-state index in [0.29, 0.717) is 0 Å². The van der Waals surface area contributed by atoms with Gasteiger partial charge in [-0.05, 0) is 66.0 Å². The fourth-order valence-electron chi connectivity index (χ4n) is 3.36. The average molecular weight is 394 g/mol. The lowest BCUT2D eigenvalue weighted by Crippen LogP contribution is -2.45. The molecular weight excluding hydrogens is 369 g/mol. The highest BCUT2D eigenvalue weighted by Crippen LogP contribution is 2.22. The molecule has 0 radical (unpaired) electrons. The molecule has 1 saturated heterocycles. The van der Waals surface area contributed by atoms with Gasteiger partial charge in [0.2, 0.25) is 0 Å². The third kappa shape index (κ3) is 5.06. The van der Waals surface area contributed by atoms with Gasteiger partial charge >= 0.3 is 0 Å². The number of nitrogens with one attached hydrogen (secondary N) is 1. The van der Waals surface area contributed by atoms with Crippen LogP contribution in [0.25, 0.3) is 0 Å². The molecule has 144 valence electrons. The summed E-state index contributed by atoms with van der Waals surface area (Å²) in [6.45, 7) is 5.27.